The van der Waals surface area contributed by atoms with Crippen molar-refractivity contribution in [2.75, 3.05) is 0 Å². The third-order valence-corrected chi connectivity index (χ3v) is 5.04. The van der Waals surface area contributed by atoms with Gasteiger partial charge in [0, 0.05) is 12.1 Å². The summed E-state index contributed by atoms with van der Waals surface area (Å²) in [7, 11) is 0. The van der Waals surface area contributed by atoms with E-state index >= 15 is 0 Å². The number of hydrogen-bond acceptors (Lipinski definition) is 6. The lowest BCUT2D eigenvalue weighted by molar-refractivity contribution is -0.384. The van der Waals surface area contributed by atoms with Gasteiger partial charge >= 0.3 is 0 Å². The molecular weight excluding hydrogens is 376 g/mol. The van der Waals surface area contributed by atoms with Gasteiger partial charge in [0.25, 0.3) is 11.2 Å². The Morgan fingerprint density at radius 2 is 1.89 bits per heavy atom. The molecule has 0 aliphatic carbocycles. The highest BCUT2D eigenvalue weighted by atomic mass is 32.1. The third kappa shape index (κ3) is 3.58. The van der Waals surface area contributed by atoms with Gasteiger partial charge in [-0.25, -0.2) is 0 Å². The molecule has 0 unspecified atom stereocenters. The maximum Gasteiger partial charge on any atom is 0.291 e. The second-order valence-electron chi connectivity index (χ2n) is 6.18. The number of benzene rings is 2. The number of thiazole rings is 1. The molecule has 2 heterocycles. The molecule has 0 radical (unpaired) electrons. The van der Waals surface area contributed by atoms with Crippen LogP contribution in [0.2, 0.25) is 0 Å². The summed E-state index contributed by atoms with van der Waals surface area (Å²) in [4.78, 5) is 27.8. The predicted molar refractivity (Wildman–Crippen MR) is 109 cm³/mol. The van der Waals surface area contributed by atoms with Crippen molar-refractivity contribution in [1.82, 2.24) is 14.6 Å². The van der Waals surface area contributed by atoms with Gasteiger partial charge in [-0.3, -0.25) is 14.9 Å². The molecule has 0 spiro atoms. The SMILES string of the molecule is Cc1ccc(C=Cc2nc3sc(=Cc4cccc([N+](=O)[O-])c4)c(=O)n3n2)cc1. The molecule has 4 aromatic rings. The van der Waals surface area contributed by atoms with E-state index in [9.17, 15) is 14.9 Å². The lowest BCUT2D eigenvalue weighted by Crippen LogP contribution is -2.23. The van der Waals surface area contributed by atoms with E-state index in [1.807, 2.05) is 37.3 Å². The van der Waals surface area contributed by atoms with Crippen molar-refractivity contribution in [1.29, 1.82) is 0 Å². The van der Waals surface area contributed by atoms with Crippen molar-refractivity contribution < 1.29 is 4.92 Å². The van der Waals surface area contributed by atoms with Crippen molar-refractivity contribution in [2.45, 2.75) is 6.92 Å². The lowest BCUT2D eigenvalue weighted by atomic mass is 10.1. The Balaban J connectivity index is 1.66. The van der Waals surface area contributed by atoms with Crippen molar-refractivity contribution >= 4 is 40.2 Å². The molecule has 0 fully saturated rings. The van der Waals surface area contributed by atoms with Gasteiger partial charge in [0.2, 0.25) is 4.96 Å². The van der Waals surface area contributed by atoms with Gasteiger partial charge in [-0.1, -0.05) is 59.4 Å². The van der Waals surface area contributed by atoms with Crippen molar-refractivity contribution in [3.8, 4) is 0 Å². The average molecular weight is 390 g/mol. The Kier molecular flexibility index (Phi) is 4.54. The predicted octanol–water partition coefficient (Wildman–Crippen LogP) is 3.09. The smallest absolute Gasteiger partial charge is 0.266 e. The molecule has 0 N–H and O–H groups in total. The first-order chi connectivity index (χ1) is 13.5. The summed E-state index contributed by atoms with van der Waals surface area (Å²) >= 11 is 1.19. The Labute approximate surface area is 163 Å². The summed E-state index contributed by atoms with van der Waals surface area (Å²) in [5.74, 6) is 0.450. The number of hydrogen-bond donors (Lipinski definition) is 0. The number of fused-ring (bicyclic) bond motifs is 1. The Hall–Kier alpha value is -3.65. The van der Waals surface area contributed by atoms with E-state index in [1.54, 1.807) is 24.3 Å². The Morgan fingerprint density at radius 1 is 1.11 bits per heavy atom. The number of rotatable bonds is 4. The molecule has 0 amide bonds. The number of aryl methyl sites for hydroxylation is 1. The number of nitro groups is 1. The van der Waals surface area contributed by atoms with Crippen LogP contribution in [0.15, 0.2) is 53.3 Å². The van der Waals surface area contributed by atoms with Gasteiger partial charge in [0.05, 0.1) is 9.46 Å². The third-order valence-electron chi connectivity index (χ3n) is 4.08. The van der Waals surface area contributed by atoms with Gasteiger partial charge in [-0.15, -0.1) is 5.10 Å². The molecule has 2 aromatic heterocycles. The zero-order chi connectivity index (χ0) is 19.7. The second kappa shape index (κ2) is 7.16. The Morgan fingerprint density at radius 3 is 2.61 bits per heavy atom. The highest BCUT2D eigenvalue weighted by Crippen LogP contribution is 2.14. The largest absolute Gasteiger partial charge is 0.291 e. The highest BCUT2D eigenvalue weighted by Gasteiger charge is 2.10. The Bertz CT molecular complexity index is 1320. The molecule has 4 rings (SSSR count). The van der Waals surface area contributed by atoms with Crippen LogP contribution in [0, 0.1) is 17.0 Å². The maximum absolute atomic E-state index is 12.6. The first kappa shape index (κ1) is 17.7. The van der Waals surface area contributed by atoms with Gasteiger partial charge in [-0.2, -0.15) is 9.50 Å². The van der Waals surface area contributed by atoms with Crippen LogP contribution in [0.5, 0.6) is 0 Å². The molecule has 2 aromatic carbocycles. The lowest BCUT2D eigenvalue weighted by Gasteiger charge is -1.93. The summed E-state index contributed by atoms with van der Waals surface area (Å²) in [6.07, 6.45) is 5.26. The fourth-order valence-electron chi connectivity index (χ4n) is 2.65. The van der Waals surface area contributed by atoms with Gasteiger partial charge in [-0.05, 0) is 30.2 Å². The molecule has 0 bridgehead atoms. The van der Waals surface area contributed by atoms with Crippen LogP contribution in [0.1, 0.15) is 22.5 Å². The second-order valence-corrected chi connectivity index (χ2v) is 7.19. The summed E-state index contributed by atoms with van der Waals surface area (Å²) in [6.45, 7) is 2.02. The van der Waals surface area contributed by atoms with E-state index in [0.29, 0.717) is 20.9 Å². The summed E-state index contributed by atoms with van der Waals surface area (Å²) < 4.78 is 1.67. The fourth-order valence-corrected chi connectivity index (χ4v) is 3.56. The number of nitro benzene ring substituents is 1. The quantitative estimate of drug-likeness (QED) is 0.394. The first-order valence-electron chi connectivity index (χ1n) is 8.40. The maximum atomic E-state index is 12.6. The number of nitrogens with zero attached hydrogens (tertiary/aromatic N) is 4. The van der Waals surface area contributed by atoms with E-state index in [0.717, 1.165) is 5.56 Å². The normalized spacial score (nSPS) is 12.2. The minimum atomic E-state index is -0.467. The molecule has 0 saturated carbocycles. The minimum Gasteiger partial charge on any atom is -0.266 e. The first-order valence-corrected chi connectivity index (χ1v) is 9.22. The van der Waals surface area contributed by atoms with Crippen molar-refractivity contribution in [2.24, 2.45) is 0 Å². The standard InChI is InChI=1S/C20H14N4O3S/c1-13-5-7-14(8-6-13)9-10-18-21-20-23(22-18)19(25)17(28-20)12-15-3-2-4-16(11-15)24(26)27/h2-12H,1H3. The molecule has 0 aliphatic heterocycles. The fraction of sp³-hybridized carbons (Fsp3) is 0.0500. The van der Waals surface area contributed by atoms with Crippen LogP contribution in [0.25, 0.3) is 23.2 Å². The molecule has 28 heavy (non-hydrogen) atoms. The van der Waals surface area contributed by atoms with Crippen molar-refractivity contribution in [3.05, 3.63) is 96.0 Å². The van der Waals surface area contributed by atoms with Gasteiger partial charge in [0.1, 0.15) is 0 Å². The average Bonchev–Trinajstić information content (AvgIpc) is 3.21. The van der Waals surface area contributed by atoms with Crippen LogP contribution in [0.4, 0.5) is 5.69 Å². The molecule has 0 saturated heterocycles. The topological polar surface area (TPSA) is 90.4 Å². The summed E-state index contributed by atoms with van der Waals surface area (Å²) in [5.41, 5.74) is 2.46. The van der Waals surface area contributed by atoms with Crippen LogP contribution >= 0.6 is 11.3 Å². The molecule has 138 valence electrons. The van der Waals surface area contributed by atoms with Crippen LogP contribution in [0.3, 0.4) is 0 Å². The molecule has 0 aliphatic rings. The zero-order valence-corrected chi connectivity index (χ0v) is 15.6. The van der Waals surface area contributed by atoms with Crippen LogP contribution in [-0.4, -0.2) is 19.5 Å². The van der Waals surface area contributed by atoms with Crippen LogP contribution in [-0.2, 0) is 0 Å². The van der Waals surface area contributed by atoms with E-state index in [-0.39, 0.29) is 11.2 Å². The number of aromatic nitrogens is 3. The van der Waals surface area contributed by atoms with E-state index in [4.69, 9.17) is 0 Å². The summed E-state index contributed by atoms with van der Waals surface area (Å²) in [5, 5.41) is 15.1. The minimum absolute atomic E-state index is 0.0239. The number of non-ortho nitro benzene ring substituents is 1. The summed E-state index contributed by atoms with van der Waals surface area (Å²) in [6, 6.07) is 14.1. The van der Waals surface area contributed by atoms with Crippen molar-refractivity contribution in [3.63, 3.8) is 0 Å². The van der Waals surface area contributed by atoms with E-state index in [2.05, 4.69) is 10.1 Å². The van der Waals surface area contributed by atoms with E-state index < -0.39 is 4.92 Å². The molecule has 8 heteroatoms. The molecule has 7 nitrogen and oxygen atoms in total. The molecule has 0 atom stereocenters. The zero-order valence-electron chi connectivity index (χ0n) is 14.8. The van der Waals surface area contributed by atoms with Crippen LogP contribution < -0.4 is 10.1 Å². The van der Waals surface area contributed by atoms with Gasteiger partial charge < -0.3 is 0 Å². The van der Waals surface area contributed by atoms with E-state index in [1.165, 1.54) is 33.5 Å². The van der Waals surface area contributed by atoms with Gasteiger partial charge in [0.15, 0.2) is 5.82 Å². The monoisotopic (exact) mass is 390 g/mol. The molecular formula is C20H14N4O3S. The highest BCUT2D eigenvalue weighted by molar-refractivity contribution is 7.15.